The predicted molar refractivity (Wildman–Crippen MR) is 78.7 cm³/mol. The maximum absolute atomic E-state index is 13.0. The highest BCUT2D eigenvalue weighted by Crippen LogP contribution is 2.30. The number of benzene rings is 1. The van der Waals surface area contributed by atoms with Gasteiger partial charge in [0.1, 0.15) is 5.69 Å². The summed E-state index contributed by atoms with van der Waals surface area (Å²) in [4.78, 5) is 20.5. The molecular weight excluding hydrogens is 340 g/mol. The molecule has 128 valence electrons. The van der Waals surface area contributed by atoms with E-state index in [1.165, 1.54) is 18.5 Å². The van der Waals surface area contributed by atoms with Crippen molar-refractivity contribution in [1.82, 2.24) is 19.7 Å². The maximum atomic E-state index is 13.0. The number of aryl methyl sites for hydroxylation is 1. The fraction of sp³-hybridized carbons (Fsp3) is 0.125. The van der Waals surface area contributed by atoms with Crippen LogP contribution in [0.1, 0.15) is 27.2 Å². The van der Waals surface area contributed by atoms with Crippen molar-refractivity contribution in [2.45, 2.75) is 13.1 Å². The predicted octanol–water partition coefficient (Wildman–Crippen LogP) is 3.36. The average molecular weight is 350 g/mol. The highest BCUT2D eigenvalue weighted by Gasteiger charge is 2.31. The Labute approximate surface area is 139 Å². The third kappa shape index (κ3) is 3.39. The molecule has 9 heteroatoms. The number of carbonyl (C=O) groups is 1. The Morgan fingerprint density at radius 3 is 2.60 bits per heavy atom. The van der Waals surface area contributed by atoms with Crippen LogP contribution in [0, 0.1) is 12.9 Å². The summed E-state index contributed by atoms with van der Waals surface area (Å²) in [5, 5.41) is 3.50. The number of nitrogens with zero attached hydrogens (tertiary/aromatic N) is 4. The van der Waals surface area contributed by atoms with E-state index in [-0.39, 0.29) is 17.2 Å². The van der Waals surface area contributed by atoms with Crippen molar-refractivity contribution in [3.8, 4) is 5.95 Å². The van der Waals surface area contributed by atoms with E-state index in [9.17, 15) is 22.4 Å². The Morgan fingerprint density at radius 1 is 1.20 bits per heavy atom. The normalized spacial score (nSPS) is 11.6. The quantitative estimate of drug-likeness (QED) is 0.537. The van der Waals surface area contributed by atoms with Crippen LogP contribution in [0.5, 0.6) is 0 Å². The van der Waals surface area contributed by atoms with Gasteiger partial charge in [-0.15, -0.1) is 5.10 Å². The minimum Gasteiger partial charge on any atom is -0.287 e. The van der Waals surface area contributed by atoms with Gasteiger partial charge in [0.25, 0.3) is 5.95 Å². The van der Waals surface area contributed by atoms with Gasteiger partial charge in [0.05, 0.1) is 5.56 Å². The summed E-state index contributed by atoms with van der Waals surface area (Å²) in [5.41, 5.74) is -0.798. The highest BCUT2D eigenvalue weighted by atomic mass is 19.4. The van der Waals surface area contributed by atoms with E-state index in [2.05, 4.69) is 15.1 Å². The van der Waals surface area contributed by atoms with Gasteiger partial charge in [-0.05, 0) is 24.6 Å². The average Bonchev–Trinajstić information content (AvgIpc) is 3.00. The summed E-state index contributed by atoms with van der Waals surface area (Å²) >= 11 is 0. The first-order valence-corrected chi connectivity index (χ1v) is 7.03. The molecule has 0 spiro atoms. The molecule has 0 atom stereocenters. The third-order valence-corrected chi connectivity index (χ3v) is 3.39. The monoisotopic (exact) mass is 350 g/mol. The summed E-state index contributed by atoms with van der Waals surface area (Å²) in [6.07, 6.45) is -1.98. The molecule has 0 amide bonds. The van der Waals surface area contributed by atoms with Gasteiger partial charge in [-0.1, -0.05) is 12.1 Å². The molecule has 0 N–H and O–H groups in total. The highest BCUT2D eigenvalue weighted by molar-refractivity contribution is 6.08. The van der Waals surface area contributed by atoms with Crippen molar-refractivity contribution in [2.75, 3.05) is 0 Å². The number of rotatable bonds is 3. The van der Waals surface area contributed by atoms with E-state index in [1.54, 1.807) is 6.92 Å². The van der Waals surface area contributed by atoms with Crippen molar-refractivity contribution in [3.05, 3.63) is 71.1 Å². The molecule has 3 aromatic rings. The third-order valence-electron chi connectivity index (χ3n) is 3.39. The number of hydrogen-bond acceptors (Lipinski definition) is 4. The summed E-state index contributed by atoms with van der Waals surface area (Å²) in [7, 11) is 0. The second-order valence-electron chi connectivity index (χ2n) is 5.19. The summed E-state index contributed by atoms with van der Waals surface area (Å²) in [6, 6.07) is 5.14. The number of aromatic nitrogens is 4. The van der Waals surface area contributed by atoms with E-state index in [4.69, 9.17) is 0 Å². The first-order chi connectivity index (χ1) is 11.8. The van der Waals surface area contributed by atoms with E-state index in [0.717, 1.165) is 28.9 Å². The van der Waals surface area contributed by atoms with Crippen LogP contribution in [0.2, 0.25) is 0 Å². The van der Waals surface area contributed by atoms with Crippen LogP contribution in [-0.4, -0.2) is 25.5 Å². The van der Waals surface area contributed by atoms with Crippen LogP contribution in [-0.2, 0) is 6.18 Å². The Hall–Kier alpha value is -3.10. The van der Waals surface area contributed by atoms with Crippen LogP contribution in [0.25, 0.3) is 5.95 Å². The molecule has 1 aromatic carbocycles. The minimum absolute atomic E-state index is 0.0650. The Morgan fingerprint density at radius 2 is 1.96 bits per heavy atom. The molecule has 0 bridgehead atoms. The molecule has 0 aliphatic heterocycles. The van der Waals surface area contributed by atoms with Crippen LogP contribution in [0.4, 0.5) is 17.6 Å². The molecule has 0 unspecified atom stereocenters. The van der Waals surface area contributed by atoms with Crippen LogP contribution in [0.3, 0.4) is 0 Å². The first kappa shape index (κ1) is 16.7. The van der Waals surface area contributed by atoms with Gasteiger partial charge in [0, 0.05) is 24.0 Å². The van der Waals surface area contributed by atoms with Gasteiger partial charge in [0.15, 0.2) is 0 Å². The second kappa shape index (κ2) is 6.08. The van der Waals surface area contributed by atoms with E-state index < -0.39 is 23.5 Å². The van der Waals surface area contributed by atoms with E-state index >= 15 is 0 Å². The first-order valence-electron chi connectivity index (χ1n) is 7.03. The van der Waals surface area contributed by atoms with Gasteiger partial charge in [-0.2, -0.15) is 17.6 Å². The molecule has 0 fully saturated rings. The van der Waals surface area contributed by atoms with Gasteiger partial charge >= 0.3 is 6.18 Å². The minimum atomic E-state index is -4.56. The molecule has 5 nitrogen and oxygen atoms in total. The van der Waals surface area contributed by atoms with Crippen molar-refractivity contribution in [1.29, 1.82) is 0 Å². The zero-order valence-corrected chi connectivity index (χ0v) is 12.8. The van der Waals surface area contributed by atoms with Gasteiger partial charge in [0.2, 0.25) is 11.7 Å². The summed E-state index contributed by atoms with van der Waals surface area (Å²) < 4.78 is 52.5. The smallest absolute Gasteiger partial charge is 0.287 e. The number of alkyl halides is 3. The lowest BCUT2D eigenvalue weighted by molar-refractivity contribution is -0.137. The van der Waals surface area contributed by atoms with E-state index in [1.807, 2.05) is 0 Å². The zero-order chi connectivity index (χ0) is 18.2. The lowest BCUT2D eigenvalue weighted by Gasteiger charge is -2.09. The molecule has 0 saturated carbocycles. The Kier molecular flexibility index (Phi) is 4.07. The topological polar surface area (TPSA) is 60.7 Å². The van der Waals surface area contributed by atoms with Gasteiger partial charge < -0.3 is 0 Å². The molecule has 0 saturated heterocycles. The largest absolute Gasteiger partial charge is 0.416 e. The van der Waals surface area contributed by atoms with Crippen molar-refractivity contribution in [3.63, 3.8) is 0 Å². The van der Waals surface area contributed by atoms with Gasteiger partial charge in [-0.25, -0.2) is 14.6 Å². The molecule has 2 aromatic heterocycles. The van der Waals surface area contributed by atoms with E-state index in [0.29, 0.717) is 5.56 Å². The molecule has 2 heterocycles. The number of carbonyl (C=O) groups excluding carboxylic acids is 1. The van der Waals surface area contributed by atoms with Crippen molar-refractivity contribution in [2.24, 2.45) is 0 Å². The molecule has 0 radical (unpaired) electrons. The standard InChI is InChI=1S/C16H10F4N4O/c1-9-8-21-15(24-6-5-12(17)23-24)22-13(9)14(25)10-3-2-4-11(7-10)16(18,19)20/h2-8H,1H3. The maximum Gasteiger partial charge on any atom is 0.416 e. The summed E-state index contributed by atoms with van der Waals surface area (Å²) in [6.45, 7) is 1.55. The van der Waals surface area contributed by atoms with Crippen LogP contribution in [0.15, 0.2) is 42.7 Å². The number of hydrogen-bond donors (Lipinski definition) is 0. The molecule has 0 aliphatic rings. The fourth-order valence-corrected chi connectivity index (χ4v) is 2.16. The lowest BCUT2D eigenvalue weighted by Crippen LogP contribution is -2.13. The molecule has 3 rings (SSSR count). The van der Waals surface area contributed by atoms with Crippen molar-refractivity contribution >= 4 is 5.78 Å². The lowest BCUT2D eigenvalue weighted by atomic mass is 10.0. The Balaban J connectivity index is 2.03. The number of halogens is 4. The molecular formula is C16H10F4N4O. The van der Waals surface area contributed by atoms with Crippen LogP contribution < -0.4 is 0 Å². The zero-order valence-electron chi connectivity index (χ0n) is 12.8. The van der Waals surface area contributed by atoms with Crippen molar-refractivity contribution < 1.29 is 22.4 Å². The number of ketones is 1. The molecule has 25 heavy (non-hydrogen) atoms. The second-order valence-corrected chi connectivity index (χ2v) is 5.19. The van der Waals surface area contributed by atoms with Gasteiger partial charge in [-0.3, -0.25) is 4.79 Å². The fourth-order valence-electron chi connectivity index (χ4n) is 2.16. The SMILES string of the molecule is Cc1cnc(-n2ccc(F)n2)nc1C(=O)c1cccc(C(F)(F)F)c1. The van der Waals surface area contributed by atoms with Crippen LogP contribution >= 0.6 is 0 Å². The molecule has 0 aliphatic carbocycles. The Bertz CT molecular complexity index is 949. The summed E-state index contributed by atoms with van der Waals surface area (Å²) in [5.74, 6) is -1.51.